The molecule has 1 unspecified atom stereocenters. The maximum absolute atomic E-state index is 12.1. The van der Waals surface area contributed by atoms with Crippen LogP contribution in [-0.2, 0) is 0 Å². The molecule has 102 valence electrons. The zero-order valence-electron chi connectivity index (χ0n) is 10.4. The third-order valence-electron chi connectivity index (χ3n) is 2.80. The number of imidazole rings is 1. The molecule has 3 nitrogen and oxygen atoms in total. The maximum Gasteiger partial charge on any atom is 0.401 e. The Morgan fingerprint density at radius 2 is 1.95 bits per heavy atom. The molecule has 1 heterocycles. The highest BCUT2D eigenvalue weighted by Gasteiger charge is 2.27. The molecular weight excluding hydrogens is 255 g/mol. The maximum atomic E-state index is 12.1. The molecule has 0 fully saturated rings. The molecular formula is C13H14F3N3. The van der Waals surface area contributed by atoms with E-state index in [4.69, 9.17) is 0 Å². The zero-order chi connectivity index (χ0) is 13.9. The van der Waals surface area contributed by atoms with Gasteiger partial charge in [-0.15, -0.1) is 0 Å². The number of benzene rings is 1. The van der Waals surface area contributed by atoms with Crippen molar-refractivity contribution in [1.82, 2.24) is 14.9 Å². The Bertz CT molecular complexity index is 503. The average Bonchev–Trinajstić information content (AvgIpc) is 2.89. The van der Waals surface area contributed by atoms with Crippen LogP contribution in [0.15, 0.2) is 43.0 Å². The summed E-state index contributed by atoms with van der Waals surface area (Å²) in [5.41, 5.74) is 1.73. The summed E-state index contributed by atoms with van der Waals surface area (Å²) < 4.78 is 38.2. The highest BCUT2D eigenvalue weighted by atomic mass is 19.4. The van der Waals surface area contributed by atoms with Gasteiger partial charge in [-0.1, -0.05) is 12.1 Å². The molecule has 1 N–H and O–H groups in total. The molecule has 0 aliphatic carbocycles. The molecule has 0 spiro atoms. The first-order valence-corrected chi connectivity index (χ1v) is 5.84. The van der Waals surface area contributed by atoms with Crippen LogP contribution in [0.2, 0.25) is 0 Å². The third kappa shape index (κ3) is 3.82. The van der Waals surface area contributed by atoms with E-state index in [1.807, 2.05) is 28.8 Å². The van der Waals surface area contributed by atoms with Crippen molar-refractivity contribution >= 4 is 0 Å². The lowest BCUT2D eigenvalue weighted by Gasteiger charge is -2.16. The van der Waals surface area contributed by atoms with Gasteiger partial charge in [0.25, 0.3) is 0 Å². The summed E-state index contributed by atoms with van der Waals surface area (Å²) in [6, 6.07) is 6.97. The fourth-order valence-electron chi connectivity index (χ4n) is 1.73. The molecule has 0 aliphatic heterocycles. The van der Waals surface area contributed by atoms with Gasteiger partial charge in [0.05, 0.1) is 12.9 Å². The Balaban J connectivity index is 2.02. The highest BCUT2D eigenvalue weighted by Crippen LogP contribution is 2.18. The number of halogens is 3. The van der Waals surface area contributed by atoms with Gasteiger partial charge in [0.2, 0.25) is 0 Å². The minimum atomic E-state index is -4.19. The van der Waals surface area contributed by atoms with Gasteiger partial charge in [0.1, 0.15) is 0 Å². The van der Waals surface area contributed by atoms with Crippen molar-refractivity contribution in [2.75, 3.05) is 6.54 Å². The van der Waals surface area contributed by atoms with Crippen molar-refractivity contribution in [1.29, 1.82) is 0 Å². The van der Waals surface area contributed by atoms with Gasteiger partial charge >= 0.3 is 6.18 Å². The van der Waals surface area contributed by atoms with E-state index < -0.39 is 12.7 Å². The first-order chi connectivity index (χ1) is 8.96. The van der Waals surface area contributed by atoms with Gasteiger partial charge in [-0.05, 0) is 24.6 Å². The van der Waals surface area contributed by atoms with E-state index in [-0.39, 0.29) is 6.04 Å². The highest BCUT2D eigenvalue weighted by molar-refractivity contribution is 5.35. The monoisotopic (exact) mass is 269 g/mol. The first kappa shape index (κ1) is 13.6. The van der Waals surface area contributed by atoms with Crippen LogP contribution in [0, 0.1) is 0 Å². The second kappa shape index (κ2) is 5.44. The Kier molecular flexibility index (Phi) is 3.90. The van der Waals surface area contributed by atoms with E-state index in [1.54, 1.807) is 25.6 Å². The molecule has 6 heteroatoms. The fourth-order valence-corrected chi connectivity index (χ4v) is 1.73. The van der Waals surface area contributed by atoms with E-state index in [1.165, 1.54) is 0 Å². The quantitative estimate of drug-likeness (QED) is 0.924. The molecule has 0 saturated carbocycles. The van der Waals surface area contributed by atoms with Crippen LogP contribution in [0.5, 0.6) is 0 Å². The summed E-state index contributed by atoms with van der Waals surface area (Å²) in [6.07, 6.45) is 0.951. The molecule has 19 heavy (non-hydrogen) atoms. The van der Waals surface area contributed by atoms with Crippen LogP contribution in [-0.4, -0.2) is 22.3 Å². The largest absolute Gasteiger partial charge is 0.401 e. The third-order valence-corrected chi connectivity index (χ3v) is 2.80. The SMILES string of the molecule is CC(NCC(F)(F)F)c1ccc(-n2ccnc2)cc1. The molecule has 0 saturated heterocycles. The van der Waals surface area contributed by atoms with Gasteiger partial charge < -0.3 is 9.88 Å². The van der Waals surface area contributed by atoms with E-state index in [2.05, 4.69) is 10.3 Å². The van der Waals surface area contributed by atoms with Gasteiger partial charge in [0.15, 0.2) is 0 Å². The Morgan fingerprint density at radius 3 is 2.47 bits per heavy atom. The Morgan fingerprint density at radius 1 is 1.26 bits per heavy atom. The van der Waals surface area contributed by atoms with Gasteiger partial charge in [-0.3, -0.25) is 0 Å². The predicted octanol–water partition coefficient (Wildman–Crippen LogP) is 3.09. The van der Waals surface area contributed by atoms with Crippen LogP contribution in [0.3, 0.4) is 0 Å². The van der Waals surface area contributed by atoms with Crippen molar-refractivity contribution < 1.29 is 13.2 Å². The molecule has 1 atom stereocenters. The molecule has 0 bridgehead atoms. The summed E-state index contributed by atoms with van der Waals surface area (Å²) in [5.74, 6) is 0. The number of hydrogen-bond donors (Lipinski definition) is 1. The minimum Gasteiger partial charge on any atom is -0.306 e. The lowest BCUT2D eigenvalue weighted by Crippen LogP contribution is -2.30. The van der Waals surface area contributed by atoms with E-state index >= 15 is 0 Å². The second-order valence-electron chi connectivity index (χ2n) is 4.28. The number of hydrogen-bond acceptors (Lipinski definition) is 2. The number of nitrogens with one attached hydrogen (secondary N) is 1. The summed E-state index contributed by atoms with van der Waals surface area (Å²) in [4.78, 5) is 3.94. The topological polar surface area (TPSA) is 29.9 Å². The summed E-state index contributed by atoms with van der Waals surface area (Å²) in [6.45, 7) is 0.718. The van der Waals surface area contributed by atoms with Crippen LogP contribution in [0.4, 0.5) is 13.2 Å². The molecule has 1 aromatic carbocycles. The van der Waals surface area contributed by atoms with Crippen molar-refractivity contribution in [3.63, 3.8) is 0 Å². The number of rotatable bonds is 4. The van der Waals surface area contributed by atoms with Crippen LogP contribution in [0.25, 0.3) is 5.69 Å². The lowest BCUT2D eigenvalue weighted by molar-refractivity contribution is -0.126. The van der Waals surface area contributed by atoms with Gasteiger partial charge in [-0.25, -0.2) is 4.98 Å². The molecule has 0 aliphatic rings. The Labute approximate surface area is 109 Å². The van der Waals surface area contributed by atoms with E-state index in [0.29, 0.717) is 0 Å². The number of nitrogens with zero attached hydrogens (tertiary/aromatic N) is 2. The second-order valence-corrected chi connectivity index (χ2v) is 4.28. The average molecular weight is 269 g/mol. The smallest absolute Gasteiger partial charge is 0.306 e. The van der Waals surface area contributed by atoms with Crippen LogP contribution in [0.1, 0.15) is 18.5 Å². The van der Waals surface area contributed by atoms with Crippen molar-refractivity contribution in [3.8, 4) is 5.69 Å². The summed E-state index contributed by atoms with van der Waals surface area (Å²) >= 11 is 0. The standard InChI is InChI=1S/C13H14F3N3/c1-10(18-8-13(14,15)16)11-2-4-12(5-3-11)19-7-6-17-9-19/h2-7,9-10,18H,8H2,1H3. The van der Waals surface area contributed by atoms with E-state index in [0.717, 1.165) is 11.3 Å². The summed E-state index contributed by atoms with van der Waals surface area (Å²) in [5, 5.41) is 2.45. The van der Waals surface area contributed by atoms with Gasteiger partial charge in [-0.2, -0.15) is 13.2 Å². The van der Waals surface area contributed by atoms with Crippen molar-refractivity contribution in [2.24, 2.45) is 0 Å². The molecule has 2 rings (SSSR count). The fraction of sp³-hybridized carbons (Fsp3) is 0.308. The van der Waals surface area contributed by atoms with E-state index in [9.17, 15) is 13.2 Å². The molecule has 2 aromatic rings. The molecule has 0 amide bonds. The minimum absolute atomic E-state index is 0.349. The normalized spacial score (nSPS) is 13.5. The zero-order valence-corrected chi connectivity index (χ0v) is 10.4. The van der Waals surface area contributed by atoms with Crippen LogP contribution < -0.4 is 5.32 Å². The Hall–Kier alpha value is -1.82. The van der Waals surface area contributed by atoms with Crippen molar-refractivity contribution in [2.45, 2.75) is 19.1 Å². The molecule has 0 radical (unpaired) electrons. The van der Waals surface area contributed by atoms with Crippen molar-refractivity contribution in [3.05, 3.63) is 48.5 Å². The summed E-state index contributed by atoms with van der Waals surface area (Å²) in [7, 11) is 0. The lowest BCUT2D eigenvalue weighted by atomic mass is 10.1. The van der Waals surface area contributed by atoms with Gasteiger partial charge in [0, 0.05) is 24.1 Å². The first-order valence-electron chi connectivity index (χ1n) is 5.84. The number of aromatic nitrogens is 2. The predicted molar refractivity (Wildman–Crippen MR) is 66.0 cm³/mol. The van der Waals surface area contributed by atoms with Crippen LogP contribution >= 0.6 is 0 Å². The molecule has 1 aromatic heterocycles. The number of alkyl halides is 3.